The number of ether oxygens (including phenoxy) is 2. The molecule has 8 heteroatoms. The van der Waals surface area contributed by atoms with Gasteiger partial charge in [0.1, 0.15) is 0 Å². The lowest BCUT2D eigenvalue weighted by Gasteiger charge is -2.12. The summed E-state index contributed by atoms with van der Waals surface area (Å²) in [5.74, 6) is 0.212. The Morgan fingerprint density at radius 1 is 1.09 bits per heavy atom. The number of carbonyl (C=O) groups is 2. The maximum Gasteiger partial charge on any atom is 0.335 e. The molecule has 3 rings (SSSR count). The first kappa shape index (κ1) is 23.4. The molecule has 0 saturated carbocycles. The Morgan fingerprint density at radius 2 is 1.84 bits per heavy atom. The number of aliphatic imine (C=N–C) groups is 1. The number of hydrogen-bond donors (Lipinski definition) is 1. The molecule has 1 N–H and O–H groups in total. The first-order valence-electron chi connectivity index (χ1n) is 10.5. The standard InChI is InChI=1S/C24H26N2O5S/c1-4-13-31-19-12-7-16(14-20(19)30-6-3)15-21-22(27)26(5-2)24(32-21)25-18-10-8-17(9-11-18)23(28)29/h7-12,14-15H,4-6,13H2,1-3H3,(H,28,29)/b21-15+,25-24?. The number of thioether (sulfide) groups is 1. The summed E-state index contributed by atoms with van der Waals surface area (Å²) in [5.41, 5.74) is 1.60. The zero-order chi connectivity index (χ0) is 23.1. The van der Waals surface area contributed by atoms with Crippen LogP contribution in [0.2, 0.25) is 0 Å². The van der Waals surface area contributed by atoms with Crippen molar-refractivity contribution in [1.29, 1.82) is 0 Å². The maximum absolute atomic E-state index is 12.9. The van der Waals surface area contributed by atoms with E-state index in [4.69, 9.17) is 14.6 Å². The lowest BCUT2D eigenvalue weighted by atomic mass is 10.2. The van der Waals surface area contributed by atoms with Gasteiger partial charge in [-0.15, -0.1) is 0 Å². The molecule has 1 aliphatic rings. The van der Waals surface area contributed by atoms with Gasteiger partial charge in [-0.05, 0) is 80.1 Å². The quantitative estimate of drug-likeness (QED) is 0.524. The highest BCUT2D eigenvalue weighted by atomic mass is 32.2. The van der Waals surface area contributed by atoms with Gasteiger partial charge in [0.15, 0.2) is 16.7 Å². The number of carboxylic acid groups (broad SMARTS) is 1. The average Bonchev–Trinajstić information content (AvgIpc) is 3.07. The molecule has 2 aromatic carbocycles. The smallest absolute Gasteiger partial charge is 0.335 e. The highest BCUT2D eigenvalue weighted by Crippen LogP contribution is 2.36. The lowest BCUT2D eigenvalue weighted by molar-refractivity contribution is -0.122. The van der Waals surface area contributed by atoms with Crippen LogP contribution in [0.3, 0.4) is 0 Å². The fraction of sp³-hybridized carbons (Fsp3) is 0.292. The van der Waals surface area contributed by atoms with E-state index in [1.165, 1.54) is 23.9 Å². The Hall–Kier alpha value is -3.26. The second kappa shape index (κ2) is 10.9. The van der Waals surface area contributed by atoms with E-state index in [0.29, 0.717) is 47.0 Å². The van der Waals surface area contributed by atoms with E-state index in [1.807, 2.05) is 45.0 Å². The maximum atomic E-state index is 12.9. The number of amides is 1. The first-order valence-corrected chi connectivity index (χ1v) is 11.3. The third-order valence-corrected chi connectivity index (χ3v) is 5.58. The molecule has 1 amide bonds. The van der Waals surface area contributed by atoms with Crippen molar-refractivity contribution in [3.05, 3.63) is 58.5 Å². The Labute approximate surface area is 191 Å². The summed E-state index contributed by atoms with van der Waals surface area (Å²) in [6.45, 7) is 7.43. The zero-order valence-electron chi connectivity index (χ0n) is 18.3. The Kier molecular flexibility index (Phi) is 7.94. The molecule has 1 fully saturated rings. The van der Waals surface area contributed by atoms with Gasteiger partial charge in [0.2, 0.25) is 0 Å². The second-order valence-corrected chi connectivity index (χ2v) is 7.90. The molecule has 1 heterocycles. The summed E-state index contributed by atoms with van der Waals surface area (Å²) in [7, 11) is 0. The summed E-state index contributed by atoms with van der Waals surface area (Å²) >= 11 is 1.29. The van der Waals surface area contributed by atoms with Gasteiger partial charge < -0.3 is 14.6 Å². The Balaban J connectivity index is 1.87. The molecule has 1 saturated heterocycles. The van der Waals surface area contributed by atoms with Crippen molar-refractivity contribution in [3.8, 4) is 11.5 Å². The molecule has 0 spiro atoms. The molecule has 1 aliphatic heterocycles. The zero-order valence-corrected chi connectivity index (χ0v) is 19.1. The van der Waals surface area contributed by atoms with Gasteiger partial charge in [0, 0.05) is 6.54 Å². The van der Waals surface area contributed by atoms with E-state index in [9.17, 15) is 9.59 Å². The second-order valence-electron chi connectivity index (χ2n) is 6.89. The Morgan fingerprint density at radius 3 is 2.47 bits per heavy atom. The predicted octanol–water partition coefficient (Wildman–Crippen LogP) is 5.20. The first-order chi connectivity index (χ1) is 15.5. The molecule has 0 aromatic heterocycles. The van der Waals surface area contributed by atoms with Crippen LogP contribution in [0.5, 0.6) is 11.5 Å². The molecular weight excluding hydrogens is 428 g/mol. The largest absolute Gasteiger partial charge is 0.490 e. The van der Waals surface area contributed by atoms with E-state index < -0.39 is 5.97 Å². The fourth-order valence-corrected chi connectivity index (χ4v) is 4.09. The van der Waals surface area contributed by atoms with Gasteiger partial charge in [-0.25, -0.2) is 9.79 Å². The van der Waals surface area contributed by atoms with Crippen LogP contribution in [0.1, 0.15) is 43.1 Å². The number of nitrogens with zero attached hydrogens (tertiary/aromatic N) is 2. The molecule has 0 atom stereocenters. The normalized spacial score (nSPS) is 16.1. The summed E-state index contributed by atoms with van der Waals surface area (Å²) in [4.78, 5) is 30.7. The molecule has 168 valence electrons. The van der Waals surface area contributed by atoms with Gasteiger partial charge >= 0.3 is 5.97 Å². The van der Waals surface area contributed by atoms with Crippen LogP contribution in [-0.4, -0.2) is 46.8 Å². The van der Waals surface area contributed by atoms with Gasteiger partial charge in [-0.2, -0.15) is 0 Å². The number of hydrogen-bond acceptors (Lipinski definition) is 6. The van der Waals surface area contributed by atoms with Crippen molar-refractivity contribution < 1.29 is 24.2 Å². The summed E-state index contributed by atoms with van der Waals surface area (Å²) < 4.78 is 11.5. The monoisotopic (exact) mass is 454 g/mol. The third-order valence-electron chi connectivity index (χ3n) is 4.57. The van der Waals surface area contributed by atoms with E-state index >= 15 is 0 Å². The lowest BCUT2D eigenvalue weighted by Crippen LogP contribution is -2.28. The molecule has 7 nitrogen and oxygen atoms in total. The highest BCUT2D eigenvalue weighted by Gasteiger charge is 2.32. The molecule has 0 unspecified atom stereocenters. The number of carbonyl (C=O) groups excluding carboxylic acids is 1. The minimum absolute atomic E-state index is 0.123. The van der Waals surface area contributed by atoms with Crippen LogP contribution in [0.15, 0.2) is 52.4 Å². The number of likely N-dealkylation sites (N-methyl/N-ethyl adjacent to an activating group) is 1. The fourth-order valence-electron chi connectivity index (χ4n) is 3.02. The number of amidine groups is 1. The van der Waals surface area contributed by atoms with Gasteiger partial charge in [-0.1, -0.05) is 13.0 Å². The van der Waals surface area contributed by atoms with Crippen LogP contribution in [0.25, 0.3) is 6.08 Å². The summed E-state index contributed by atoms with van der Waals surface area (Å²) in [6.07, 6.45) is 2.72. The van der Waals surface area contributed by atoms with Gasteiger partial charge in [0.05, 0.1) is 29.4 Å². The van der Waals surface area contributed by atoms with Crippen molar-refractivity contribution in [2.24, 2.45) is 4.99 Å². The highest BCUT2D eigenvalue weighted by molar-refractivity contribution is 8.18. The van der Waals surface area contributed by atoms with Crippen molar-refractivity contribution in [1.82, 2.24) is 4.90 Å². The van der Waals surface area contributed by atoms with E-state index in [-0.39, 0.29) is 11.5 Å². The van der Waals surface area contributed by atoms with Crippen LogP contribution < -0.4 is 9.47 Å². The van der Waals surface area contributed by atoms with Gasteiger partial charge in [-0.3, -0.25) is 9.69 Å². The topological polar surface area (TPSA) is 88.4 Å². The minimum Gasteiger partial charge on any atom is -0.490 e. The number of aromatic carboxylic acids is 1. The SMILES string of the molecule is CCCOc1ccc(/C=C2/SC(=Nc3ccc(C(=O)O)cc3)N(CC)C2=O)cc1OCC. The predicted molar refractivity (Wildman–Crippen MR) is 127 cm³/mol. The molecular formula is C24H26N2O5S. The summed E-state index contributed by atoms with van der Waals surface area (Å²) in [6, 6.07) is 11.9. The minimum atomic E-state index is -0.993. The number of rotatable bonds is 9. The summed E-state index contributed by atoms with van der Waals surface area (Å²) in [5, 5.41) is 9.60. The molecule has 32 heavy (non-hydrogen) atoms. The Bertz CT molecular complexity index is 1050. The van der Waals surface area contributed by atoms with Crippen LogP contribution in [-0.2, 0) is 4.79 Å². The molecule has 0 radical (unpaired) electrons. The van der Waals surface area contributed by atoms with E-state index in [2.05, 4.69) is 4.99 Å². The van der Waals surface area contributed by atoms with Crippen molar-refractivity contribution >= 4 is 40.6 Å². The van der Waals surface area contributed by atoms with Crippen molar-refractivity contribution in [3.63, 3.8) is 0 Å². The van der Waals surface area contributed by atoms with Crippen LogP contribution >= 0.6 is 11.8 Å². The van der Waals surface area contributed by atoms with Crippen molar-refractivity contribution in [2.45, 2.75) is 27.2 Å². The third kappa shape index (κ3) is 5.50. The van der Waals surface area contributed by atoms with Gasteiger partial charge in [0.25, 0.3) is 5.91 Å². The molecule has 0 bridgehead atoms. The van der Waals surface area contributed by atoms with E-state index in [0.717, 1.165) is 12.0 Å². The molecule has 0 aliphatic carbocycles. The van der Waals surface area contributed by atoms with Crippen molar-refractivity contribution in [2.75, 3.05) is 19.8 Å². The number of carboxylic acids is 1. The average molecular weight is 455 g/mol. The number of benzene rings is 2. The molecule has 2 aromatic rings. The van der Waals surface area contributed by atoms with Crippen LogP contribution in [0.4, 0.5) is 5.69 Å². The van der Waals surface area contributed by atoms with Crippen LogP contribution in [0, 0.1) is 0 Å². The van der Waals surface area contributed by atoms with E-state index in [1.54, 1.807) is 17.0 Å².